The molecular formula is C15H23N3O4S. The average Bonchev–Trinajstić information content (AvgIpc) is 3.05. The van der Waals surface area contributed by atoms with Crippen molar-refractivity contribution in [1.29, 1.82) is 0 Å². The summed E-state index contributed by atoms with van der Waals surface area (Å²) in [5, 5.41) is -0.216. The Morgan fingerprint density at radius 1 is 1.13 bits per heavy atom. The largest absolute Gasteiger partial charge is 0.480 e. The van der Waals surface area contributed by atoms with Crippen LogP contribution in [0.2, 0.25) is 0 Å². The second kappa shape index (κ2) is 7.00. The Labute approximate surface area is 137 Å². The summed E-state index contributed by atoms with van der Waals surface area (Å²) >= 11 is 0. The Kier molecular flexibility index (Phi) is 5.01. The van der Waals surface area contributed by atoms with E-state index in [4.69, 9.17) is 9.47 Å². The molecule has 8 heteroatoms. The summed E-state index contributed by atoms with van der Waals surface area (Å²) in [6.45, 7) is 0.901. The maximum atomic E-state index is 12.7. The SMILES string of the molecule is COc1cncc(O[C@H]2CCN(S(=O)(=O)C3CCCCC3)C2)n1. The van der Waals surface area contributed by atoms with Crippen LogP contribution < -0.4 is 9.47 Å². The van der Waals surface area contributed by atoms with Crippen LogP contribution in [0.3, 0.4) is 0 Å². The first-order valence-electron chi connectivity index (χ1n) is 8.11. The van der Waals surface area contributed by atoms with Crippen molar-refractivity contribution < 1.29 is 17.9 Å². The molecule has 3 rings (SSSR count). The molecule has 0 aromatic carbocycles. The van der Waals surface area contributed by atoms with E-state index < -0.39 is 10.0 Å². The molecule has 1 aromatic heterocycles. The van der Waals surface area contributed by atoms with Gasteiger partial charge in [0.05, 0.1) is 31.3 Å². The molecule has 1 aliphatic carbocycles. The summed E-state index contributed by atoms with van der Waals surface area (Å²) in [4.78, 5) is 8.15. The van der Waals surface area contributed by atoms with Crippen LogP contribution in [0.4, 0.5) is 0 Å². The van der Waals surface area contributed by atoms with Gasteiger partial charge in [-0.1, -0.05) is 19.3 Å². The maximum absolute atomic E-state index is 12.7. The van der Waals surface area contributed by atoms with Gasteiger partial charge < -0.3 is 9.47 Å². The van der Waals surface area contributed by atoms with E-state index in [2.05, 4.69) is 9.97 Å². The van der Waals surface area contributed by atoms with Gasteiger partial charge in [0.25, 0.3) is 0 Å². The third-order valence-corrected chi connectivity index (χ3v) is 6.89. The van der Waals surface area contributed by atoms with Crippen LogP contribution in [-0.4, -0.2) is 54.2 Å². The molecule has 2 fully saturated rings. The first kappa shape index (κ1) is 16.4. The Bertz CT molecular complexity index is 631. The van der Waals surface area contributed by atoms with Crippen LogP contribution in [0.5, 0.6) is 11.8 Å². The van der Waals surface area contributed by atoms with Gasteiger partial charge in [-0.3, -0.25) is 4.98 Å². The lowest BCUT2D eigenvalue weighted by molar-refractivity contribution is 0.203. The fourth-order valence-electron chi connectivity index (χ4n) is 3.26. The molecule has 0 spiro atoms. The van der Waals surface area contributed by atoms with Crippen molar-refractivity contribution in [3.05, 3.63) is 12.4 Å². The highest BCUT2D eigenvalue weighted by molar-refractivity contribution is 7.89. The van der Waals surface area contributed by atoms with E-state index in [-0.39, 0.29) is 11.4 Å². The summed E-state index contributed by atoms with van der Waals surface area (Å²) in [6.07, 6.45) is 8.24. The second-order valence-electron chi connectivity index (χ2n) is 6.09. The standard InChI is InChI=1S/C15H23N3O4S/c1-21-14-9-16-10-15(17-14)22-12-7-8-18(11-12)23(19,20)13-5-3-2-4-6-13/h9-10,12-13H,2-8,11H2,1H3/t12-/m0/s1. The van der Waals surface area contributed by atoms with Gasteiger partial charge in [0.1, 0.15) is 6.10 Å². The van der Waals surface area contributed by atoms with Crippen molar-refractivity contribution in [2.24, 2.45) is 0 Å². The Morgan fingerprint density at radius 2 is 1.87 bits per heavy atom. The van der Waals surface area contributed by atoms with Crippen molar-refractivity contribution in [3.63, 3.8) is 0 Å². The normalized spacial score (nSPS) is 23.8. The van der Waals surface area contributed by atoms with E-state index in [9.17, 15) is 8.42 Å². The highest BCUT2D eigenvalue weighted by Gasteiger charge is 2.38. The minimum absolute atomic E-state index is 0.185. The predicted octanol–water partition coefficient (Wildman–Crippen LogP) is 1.60. The zero-order chi connectivity index (χ0) is 16.3. The van der Waals surface area contributed by atoms with Gasteiger partial charge in [-0.2, -0.15) is 9.29 Å². The van der Waals surface area contributed by atoms with Crippen LogP contribution in [0.1, 0.15) is 38.5 Å². The molecule has 23 heavy (non-hydrogen) atoms. The summed E-state index contributed by atoms with van der Waals surface area (Å²) in [7, 11) is -1.69. The summed E-state index contributed by atoms with van der Waals surface area (Å²) in [5.41, 5.74) is 0. The van der Waals surface area contributed by atoms with E-state index in [1.807, 2.05) is 0 Å². The molecule has 2 aliphatic rings. The Hall–Kier alpha value is -1.41. The predicted molar refractivity (Wildman–Crippen MR) is 85.0 cm³/mol. The van der Waals surface area contributed by atoms with Gasteiger partial charge in [0.15, 0.2) is 0 Å². The fraction of sp³-hybridized carbons (Fsp3) is 0.733. The molecule has 1 atom stereocenters. The number of hydrogen-bond donors (Lipinski definition) is 0. The van der Waals surface area contributed by atoms with Gasteiger partial charge in [-0.25, -0.2) is 8.42 Å². The van der Waals surface area contributed by atoms with Crippen molar-refractivity contribution in [3.8, 4) is 11.8 Å². The van der Waals surface area contributed by atoms with E-state index in [1.165, 1.54) is 19.5 Å². The highest BCUT2D eigenvalue weighted by Crippen LogP contribution is 2.29. The lowest BCUT2D eigenvalue weighted by atomic mass is 10.0. The third kappa shape index (κ3) is 3.74. The summed E-state index contributed by atoms with van der Waals surface area (Å²) in [5.74, 6) is 0.749. The van der Waals surface area contributed by atoms with Crippen LogP contribution in [0, 0.1) is 0 Å². The number of ether oxygens (including phenoxy) is 2. The molecule has 1 saturated carbocycles. The first-order valence-corrected chi connectivity index (χ1v) is 9.61. The molecular weight excluding hydrogens is 318 g/mol. The molecule has 128 valence electrons. The fourth-order valence-corrected chi connectivity index (χ4v) is 5.34. The zero-order valence-corrected chi connectivity index (χ0v) is 14.2. The molecule has 1 aliphatic heterocycles. The van der Waals surface area contributed by atoms with E-state index in [0.29, 0.717) is 31.3 Å². The molecule has 0 N–H and O–H groups in total. The minimum Gasteiger partial charge on any atom is -0.480 e. The lowest BCUT2D eigenvalue weighted by Gasteiger charge is -2.26. The summed E-state index contributed by atoms with van der Waals surface area (Å²) < 4.78 is 37.8. The van der Waals surface area contributed by atoms with E-state index in [1.54, 1.807) is 4.31 Å². The lowest BCUT2D eigenvalue weighted by Crippen LogP contribution is -2.39. The first-order chi connectivity index (χ1) is 11.1. The quantitative estimate of drug-likeness (QED) is 0.809. The zero-order valence-electron chi connectivity index (χ0n) is 13.3. The monoisotopic (exact) mass is 341 g/mol. The average molecular weight is 341 g/mol. The van der Waals surface area contributed by atoms with Gasteiger partial charge >= 0.3 is 0 Å². The van der Waals surface area contributed by atoms with E-state index >= 15 is 0 Å². The molecule has 0 bridgehead atoms. The number of methoxy groups -OCH3 is 1. The van der Waals surface area contributed by atoms with Crippen molar-refractivity contribution in [2.75, 3.05) is 20.2 Å². The van der Waals surface area contributed by atoms with E-state index in [0.717, 1.165) is 32.1 Å². The molecule has 0 radical (unpaired) electrons. The molecule has 7 nitrogen and oxygen atoms in total. The third-order valence-electron chi connectivity index (χ3n) is 4.53. The molecule has 1 saturated heterocycles. The minimum atomic E-state index is -3.21. The number of sulfonamides is 1. The number of rotatable bonds is 5. The molecule has 2 heterocycles. The smallest absolute Gasteiger partial charge is 0.235 e. The highest BCUT2D eigenvalue weighted by atomic mass is 32.2. The molecule has 0 amide bonds. The topological polar surface area (TPSA) is 81.6 Å². The van der Waals surface area contributed by atoms with Gasteiger partial charge in [0, 0.05) is 6.54 Å². The van der Waals surface area contributed by atoms with Crippen LogP contribution in [0.15, 0.2) is 12.4 Å². The van der Waals surface area contributed by atoms with Gasteiger partial charge in [-0.05, 0) is 19.3 Å². The van der Waals surface area contributed by atoms with Gasteiger partial charge in [0.2, 0.25) is 21.8 Å². The van der Waals surface area contributed by atoms with Crippen molar-refractivity contribution in [1.82, 2.24) is 14.3 Å². The Balaban J connectivity index is 1.61. The maximum Gasteiger partial charge on any atom is 0.235 e. The second-order valence-corrected chi connectivity index (χ2v) is 8.30. The molecule has 0 unspecified atom stereocenters. The van der Waals surface area contributed by atoms with Crippen LogP contribution >= 0.6 is 0 Å². The van der Waals surface area contributed by atoms with Crippen molar-refractivity contribution in [2.45, 2.75) is 49.9 Å². The van der Waals surface area contributed by atoms with Crippen LogP contribution in [-0.2, 0) is 10.0 Å². The number of nitrogens with zero attached hydrogens (tertiary/aromatic N) is 3. The summed E-state index contributed by atoms with van der Waals surface area (Å²) in [6, 6.07) is 0. The van der Waals surface area contributed by atoms with Crippen molar-refractivity contribution >= 4 is 10.0 Å². The molecule has 1 aromatic rings. The van der Waals surface area contributed by atoms with Crippen LogP contribution in [0.25, 0.3) is 0 Å². The Morgan fingerprint density at radius 3 is 2.61 bits per heavy atom. The van der Waals surface area contributed by atoms with Gasteiger partial charge in [-0.15, -0.1) is 0 Å². The number of hydrogen-bond acceptors (Lipinski definition) is 6. The number of aromatic nitrogens is 2.